The van der Waals surface area contributed by atoms with Crippen molar-refractivity contribution in [3.05, 3.63) is 12.7 Å². The smallest absolute Gasteiger partial charge is 0.408 e. The predicted octanol–water partition coefficient (Wildman–Crippen LogP) is 1.63. The summed E-state index contributed by atoms with van der Waals surface area (Å²) in [6, 6.07) is -0.752. The maximum Gasteiger partial charge on any atom is 0.408 e. The largest absolute Gasteiger partial charge is 0.467 e. The second kappa shape index (κ2) is 6.15. The lowest BCUT2D eigenvalue weighted by Crippen LogP contribution is -2.43. The number of methoxy groups -OCH3 is 1. The third kappa shape index (κ3) is 6.06. The molecule has 0 saturated carbocycles. The number of carbonyl (C=O) groups is 2. The van der Waals surface area contributed by atoms with Crippen LogP contribution in [0, 0.1) is 0 Å². The highest BCUT2D eigenvalue weighted by Crippen LogP contribution is 2.07. The van der Waals surface area contributed by atoms with Crippen molar-refractivity contribution in [2.24, 2.45) is 0 Å². The van der Waals surface area contributed by atoms with Gasteiger partial charge in [0.1, 0.15) is 11.6 Å². The number of amides is 1. The normalized spacial score (nSPS) is 12.5. The summed E-state index contributed by atoms with van der Waals surface area (Å²) >= 11 is 0. The lowest BCUT2D eigenvalue weighted by atomic mass is 10.2. The molecule has 0 bridgehead atoms. The van der Waals surface area contributed by atoms with E-state index in [-0.39, 0.29) is 0 Å². The summed E-state index contributed by atoms with van der Waals surface area (Å²) in [7, 11) is 1.26. The highest BCUT2D eigenvalue weighted by Gasteiger charge is 2.23. The minimum Gasteiger partial charge on any atom is -0.467 e. The van der Waals surface area contributed by atoms with Crippen molar-refractivity contribution >= 4 is 12.1 Å². The Hall–Kier alpha value is -1.52. The van der Waals surface area contributed by atoms with Crippen LogP contribution in [0.3, 0.4) is 0 Å². The van der Waals surface area contributed by atoms with Crippen LogP contribution in [-0.2, 0) is 14.3 Å². The molecule has 0 rings (SSSR count). The summed E-state index contributed by atoms with van der Waals surface area (Å²) in [6.07, 6.45) is 1.18. The van der Waals surface area contributed by atoms with Crippen LogP contribution in [-0.4, -0.2) is 30.8 Å². The first-order valence-electron chi connectivity index (χ1n) is 4.98. The summed E-state index contributed by atoms with van der Waals surface area (Å²) in [6.45, 7) is 8.73. The van der Waals surface area contributed by atoms with Crippen molar-refractivity contribution in [1.82, 2.24) is 5.32 Å². The van der Waals surface area contributed by atoms with Crippen LogP contribution in [0.5, 0.6) is 0 Å². The van der Waals surface area contributed by atoms with E-state index in [1.165, 1.54) is 13.2 Å². The Bertz CT molecular complexity index is 268. The maximum absolute atomic E-state index is 11.4. The molecule has 0 aromatic heterocycles. The number of rotatable bonds is 4. The van der Waals surface area contributed by atoms with E-state index in [4.69, 9.17) is 4.74 Å². The zero-order chi connectivity index (χ0) is 12.8. The highest BCUT2D eigenvalue weighted by atomic mass is 16.6. The minimum absolute atomic E-state index is 0.298. The number of carbonyl (C=O) groups excluding carboxylic acids is 2. The van der Waals surface area contributed by atoms with Gasteiger partial charge in [-0.3, -0.25) is 0 Å². The van der Waals surface area contributed by atoms with Crippen molar-refractivity contribution in [3.8, 4) is 0 Å². The van der Waals surface area contributed by atoms with Crippen molar-refractivity contribution in [3.63, 3.8) is 0 Å². The fourth-order valence-electron chi connectivity index (χ4n) is 0.973. The van der Waals surface area contributed by atoms with Gasteiger partial charge in [0, 0.05) is 0 Å². The lowest BCUT2D eigenvalue weighted by molar-refractivity contribution is -0.143. The molecule has 0 aromatic carbocycles. The van der Waals surface area contributed by atoms with Gasteiger partial charge in [-0.2, -0.15) is 0 Å². The van der Waals surface area contributed by atoms with E-state index < -0.39 is 23.7 Å². The molecule has 0 aromatic rings. The fourth-order valence-corrected chi connectivity index (χ4v) is 0.973. The summed E-state index contributed by atoms with van der Waals surface area (Å²) in [5.74, 6) is -0.522. The molecule has 0 spiro atoms. The van der Waals surface area contributed by atoms with E-state index in [9.17, 15) is 9.59 Å². The topological polar surface area (TPSA) is 64.6 Å². The fraction of sp³-hybridized carbons (Fsp3) is 0.636. The Morgan fingerprint density at radius 2 is 2.00 bits per heavy atom. The summed E-state index contributed by atoms with van der Waals surface area (Å²) < 4.78 is 9.56. The van der Waals surface area contributed by atoms with E-state index in [0.717, 1.165) is 0 Å². The number of hydrogen-bond donors (Lipinski definition) is 1. The van der Waals surface area contributed by atoms with Crippen LogP contribution < -0.4 is 5.32 Å². The van der Waals surface area contributed by atoms with Gasteiger partial charge in [-0.25, -0.2) is 9.59 Å². The molecule has 0 aliphatic rings. The molecule has 1 amide bonds. The molecule has 5 heteroatoms. The third-order valence-corrected chi connectivity index (χ3v) is 1.58. The second-order valence-corrected chi connectivity index (χ2v) is 4.25. The van der Waals surface area contributed by atoms with Gasteiger partial charge in [0.25, 0.3) is 0 Å². The molecule has 0 aliphatic carbocycles. The Morgan fingerprint density at radius 3 is 2.38 bits per heavy atom. The molecule has 16 heavy (non-hydrogen) atoms. The van der Waals surface area contributed by atoms with Gasteiger partial charge in [-0.05, 0) is 27.2 Å². The zero-order valence-electron chi connectivity index (χ0n) is 10.2. The Kier molecular flexibility index (Phi) is 5.56. The summed E-state index contributed by atoms with van der Waals surface area (Å²) in [4.78, 5) is 22.7. The van der Waals surface area contributed by atoms with Gasteiger partial charge >= 0.3 is 12.1 Å². The number of ether oxygens (including phenoxy) is 2. The summed E-state index contributed by atoms with van der Waals surface area (Å²) in [5, 5.41) is 2.42. The molecular formula is C11H19NO4. The molecule has 92 valence electrons. The van der Waals surface area contributed by atoms with Gasteiger partial charge in [0.05, 0.1) is 7.11 Å². The van der Waals surface area contributed by atoms with Crippen molar-refractivity contribution < 1.29 is 19.1 Å². The molecular weight excluding hydrogens is 210 g/mol. The van der Waals surface area contributed by atoms with E-state index in [2.05, 4.69) is 16.6 Å². The van der Waals surface area contributed by atoms with Crippen LogP contribution in [0.25, 0.3) is 0 Å². The average Bonchev–Trinajstić information content (AvgIpc) is 2.13. The maximum atomic E-state index is 11.4. The molecule has 0 unspecified atom stereocenters. The van der Waals surface area contributed by atoms with Gasteiger partial charge in [0.15, 0.2) is 0 Å². The Balaban J connectivity index is 4.34. The molecule has 0 radical (unpaired) electrons. The first-order chi connectivity index (χ1) is 7.30. The van der Waals surface area contributed by atoms with E-state index >= 15 is 0 Å². The molecule has 1 N–H and O–H groups in total. The quantitative estimate of drug-likeness (QED) is 0.587. The Labute approximate surface area is 95.8 Å². The average molecular weight is 229 g/mol. The molecule has 0 heterocycles. The van der Waals surface area contributed by atoms with Crippen LogP contribution in [0.1, 0.15) is 27.2 Å². The van der Waals surface area contributed by atoms with Crippen LogP contribution in [0.15, 0.2) is 12.7 Å². The Morgan fingerprint density at radius 1 is 1.44 bits per heavy atom. The van der Waals surface area contributed by atoms with Crippen LogP contribution >= 0.6 is 0 Å². The van der Waals surface area contributed by atoms with E-state index in [1.807, 2.05) is 0 Å². The third-order valence-electron chi connectivity index (χ3n) is 1.58. The first kappa shape index (κ1) is 14.5. The van der Waals surface area contributed by atoms with Crippen molar-refractivity contribution in [2.45, 2.75) is 38.8 Å². The van der Waals surface area contributed by atoms with Gasteiger partial charge in [-0.1, -0.05) is 6.08 Å². The number of alkyl carbamates (subject to hydrolysis) is 1. The molecule has 1 atom stereocenters. The number of hydrogen-bond acceptors (Lipinski definition) is 4. The molecule has 5 nitrogen and oxygen atoms in total. The molecule has 0 aliphatic heterocycles. The number of esters is 1. The first-order valence-corrected chi connectivity index (χ1v) is 4.98. The minimum atomic E-state index is -0.752. The van der Waals surface area contributed by atoms with Crippen LogP contribution in [0.4, 0.5) is 4.79 Å². The second-order valence-electron chi connectivity index (χ2n) is 4.25. The van der Waals surface area contributed by atoms with Gasteiger partial charge in [-0.15, -0.1) is 6.58 Å². The van der Waals surface area contributed by atoms with Gasteiger partial charge in [0.2, 0.25) is 0 Å². The molecule has 0 fully saturated rings. The van der Waals surface area contributed by atoms with Crippen molar-refractivity contribution in [1.29, 1.82) is 0 Å². The van der Waals surface area contributed by atoms with E-state index in [1.54, 1.807) is 20.8 Å². The summed E-state index contributed by atoms with van der Waals surface area (Å²) in [5.41, 5.74) is -0.598. The lowest BCUT2D eigenvalue weighted by Gasteiger charge is -2.22. The SMILES string of the molecule is C=CC[C@@H](NC(=O)OC(C)(C)C)C(=O)OC. The molecule has 0 saturated heterocycles. The standard InChI is InChI=1S/C11H19NO4/c1-6-7-8(9(13)15-5)12-10(14)16-11(2,3)4/h6,8H,1,7H2,2-5H3,(H,12,14)/t8-/m1/s1. The zero-order valence-corrected chi connectivity index (χ0v) is 10.2. The monoisotopic (exact) mass is 229 g/mol. The van der Waals surface area contributed by atoms with Gasteiger partial charge < -0.3 is 14.8 Å². The number of nitrogens with one attached hydrogen (secondary N) is 1. The highest BCUT2D eigenvalue weighted by molar-refractivity contribution is 5.81. The van der Waals surface area contributed by atoms with E-state index in [0.29, 0.717) is 6.42 Å². The van der Waals surface area contributed by atoms with Crippen molar-refractivity contribution in [2.75, 3.05) is 7.11 Å². The predicted molar refractivity (Wildman–Crippen MR) is 60.0 cm³/mol. The van der Waals surface area contributed by atoms with Crippen LogP contribution in [0.2, 0.25) is 0 Å².